The van der Waals surface area contributed by atoms with Crippen LogP contribution in [0.4, 0.5) is 0 Å². The van der Waals surface area contributed by atoms with Crippen LogP contribution in [0.2, 0.25) is 19.6 Å². The molecule has 0 aliphatic rings. The third-order valence-electron chi connectivity index (χ3n) is 7.82. The zero-order valence-corrected chi connectivity index (χ0v) is 30.3. The van der Waals surface area contributed by atoms with Gasteiger partial charge in [-0.05, 0) is 57.3 Å². The maximum Gasteiger partial charge on any atom is 0.0803 e. The summed E-state index contributed by atoms with van der Waals surface area (Å²) in [5, 5.41) is 3.77. The molecule has 0 saturated carbocycles. The summed E-state index contributed by atoms with van der Waals surface area (Å²) in [6.07, 6.45) is 7.19. The van der Waals surface area contributed by atoms with Crippen LogP contribution in [0.5, 0.6) is 0 Å². The van der Waals surface area contributed by atoms with Gasteiger partial charge < -0.3 is 19.5 Å². The normalized spacial score (nSPS) is 11.3. The standard InChI is InChI=1S/C29H30N3Si.C11H8N.Ir/c1-20(2)19-32-27-14-10-9-13-23(27)25-15-22(17-31-29(25)32)26-16-24(21-11-7-6-8-12-21)28(18-30-26)33(3,4)5;1-2-6-10(7-3-1)11-8-4-5-9-12-11;/h6-16,18,20H,19H2,1-5H3;1-6,8-9H;/q2*-1;. The molecule has 0 aliphatic carbocycles. The van der Waals surface area contributed by atoms with E-state index < -0.39 is 8.07 Å². The van der Waals surface area contributed by atoms with Crippen molar-refractivity contribution in [3.63, 3.8) is 0 Å². The van der Waals surface area contributed by atoms with Crippen LogP contribution in [0, 0.1) is 18.2 Å². The average molecular weight is 795 g/mol. The van der Waals surface area contributed by atoms with Gasteiger partial charge in [0.2, 0.25) is 0 Å². The number of hydrogen-bond acceptors (Lipinski definition) is 3. The predicted octanol–water partition coefficient (Wildman–Crippen LogP) is 9.47. The van der Waals surface area contributed by atoms with Gasteiger partial charge in [-0.3, -0.25) is 0 Å². The Morgan fingerprint density at radius 1 is 0.739 bits per heavy atom. The SMILES string of the molecule is CC(C)Cn1c2ccccc2c2cc(-c3cc(-c4ccccc4)c([Si](C)(C)C)cn3)[c-]nc21.[Ir].[c-]1ccccc1-c1ccccn1. The van der Waals surface area contributed by atoms with E-state index >= 15 is 0 Å². The number of para-hydroxylation sites is 1. The number of fused-ring (bicyclic) bond motifs is 3. The third kappa shape index (κ3) is 7.26. The largest absolute Gasteiger partial charge is 0.365 e. The van der Waals surface area contributed by atoms with Gasteiger partial charge in [0.25, 0.3) is 0 Å². The van der Waals surface area contributed by atoms with Gasteiger partial charge in [0.15, 0.2) is 0 Å². The minimum atomic E-state index is -1.57. The predicted molar refractivity (Wildman–Crippen MR) is 191 cm³/mol. The fourth-order valence-electron chi connectivity index (χ4n) is 5.68. The van der Waals surface area contributed by atoms with Gasteiger partial charge in [0.1, 0.15) is 0 Å². The quantitative estimate of drug-likeness (QED) is 0.125. The van der Waals surface area contributed by atoms with E-state index in [0.29, 0.717) is 5.92 Å². The molecule has 0 bridgehead atoms. The number of rotatable bonds is 6. The van der Waals surface area contributed by atoms with E-state index in [1.165, 1.54) is 27.2 Å². The first-order chi connectivity index (χ1) is 21.8. The second-order valence-corrected chi connectivity index (χ2v) is 17.8. The van der Waals surface area contributed by atoms with Crippen LogP contribution < -0.4 is 5.19 Å². The molecule has 4 nitrogen and oxygen atoms in total. The van der Waals surface area contributed by atoms with Gasteiger partial charge in [-0.2, -0.15) is 0 Å². The van der Waals surface area contributed by atoms with Crippen molar-refractivity contribution in [3.05, 3.63) is 134 Å². The smallest absolute Gasteiger partial charge is 0.0803 e. The molecule has 4 heterocycles. The second kappa shape index (κ2) is 14.5. The van der Waals surface area contributed by atoms with Gasteiger partial charge in [-0.25, -0.2) is 0 Å². The van der Waals surface area contributed by atoms with Crippen LogP contribution in [-0.4, -0.2) is 27.6 Å². The summed E-state index contributed by atoms with van der Waals surface area (Å²) in [6.45, 7) is 12.5. The summed E-state index contributed by atoms with van der Waals surface area (Å²) in [5.74, 6) is 0.537. The van der Waals surface area contributed by atoms with Gasteiger partial charge in [-0.15, -0.1) is 47.5 Å². The molecule has 6 heteroatoms. The van der Waals surface area contributed by atoms with Crippen molar-refractivity contribution < 1.29 is 20.1 Å². The summed E-state index contributed by atoms with van der Waals surface area (Å²) in [6, 6.07) is 40.5. The molecule has 0 amide bonds. The van der Waals surface area contributed by atoms with Gasteiger partial charge in [0, 0.05) is 44.6 Å². The molecule has 0 fully saturated rings. The zero-order chi connectivity index (χ0) is 31.4. The van der Waals surface area contributed by atoms with Crippen LogP contribution in [-0.2, 0) is 26.7 Å². The summed E-state index contributed by atoms with van der Waals surface area (Å²) < 4.78 is 2.33. The summed E-state index contributed by atoms with van der Waals surface area (Å²) >= 11 is 0. The van der Waals surface area contributed by atoms with Crippen molar-refractivity contribution in [2.75, 3.05) is 0 Å². The molecular weight excluding hydrogens is 757 g/mol. The minimum absolute atomic E-state index is 0. The molecule has 0 aliphatic heterocycles. The monoisotopic (exact) mass is 795 g/mol. The number of aromatic nitrogens is 4. The van der Waals surface area contributed by atoms with Gasteiger partial charge in [-0.1, -0.05) is 106 Å². The topological polar surface area (TPSA) is 43.6 Å². The molecule has 7 rings (SSSR count). The molecule has 0 spiro atoms. The number of benzene rings is 3. The van der Waals surface area contributed by atoms with E-state index in [-0.39, 0.29) is 20.1 Å². The van der Waals surface area contributed by atoms with Crippen molar-refractivity contribution in [1.29, 1.82) is 0 Å². The summed E-state index contributed by atoms with van der Waals surface area (Å²) in [5.41, 5.74) is 8.61. The molecule has 46 heavy (non-hydrogen) atoms. The fraction of sp³-hybridized carbons (Fsp3) is 0.175. The Hall–Kier alpha value is -4.22. The molecule has 3 aromatic carbocycles. The van der Waals surface area contributed by atoms with Gasteiger partial charge in [0.05, 0.1) is 13.7 Å². The maximum atomic E-state index is 4.90. The molecule has 7 aromatic rings. The Bertz CT molecular complexity index is 2000. The van der Waals surface area contributed by atoms with Crippen LogP contribution in [0.3, 0.4) is 0 Å². The van der Waals surface area contributed by atoms with E-state index in [0.717, 1.165) is 40.1 Å². The number of hydrogen-bond donors (Lipinski definition) is 0. The molecule has 0 atom stereocenters. The average Bonchev–Trinajstić information content (AvgIpc) is 3.37. The van der Waals surface area contributed by atoms with E-state index in [1.54, 1.807) is 6.20 Å². The Labute approximate surface area is 287 Å². The van der Waals surface area contributed by atoms with Crippen LogP contribution in [0.1, 0.15) is 13.8 Å². The van der Waals surface area contributed by atoms with Crippen molar-refractivity contribution >= 4 is 35.2 Å². The molecule has 233 valence electrons. The first-order valence-electron chi connectivity index (χ1n) is 15.5. The van der Waals surface area contributed by atoms with Crippen molar-refractivity contribution in [2.24, 2.45) is 5.92 Å². The first-order valence-corrected chi connectivity index (χ1v) is 19.0. The van der Waals surface area contributed by atoms with E-state index in [4.69, 9.17) is 9.97 Å². The Balaban J connectivity index is 0.000000269. The fourth-order valence-corrected chi connectivity index (χ4v) is 7.16. The Morgan fingerprint density at radius 2 is 1.48 bits per heavy atom. The van der Waals surface area contributed by atoms with Gasteiger partial charge >= 0.3 is 0 Å². The molecular formula is C40H38IrN4Si-2. The van der Waals surface area contributed by atoms with Crippen molar-refractivity contribution in [3.8, 4) is 33.6 Å². The van der Waals surface area contributed by atoms with E-state index in [9.17, 15) is 0 Å². The van der Waals surface area contributed by atoms with Crippen LogP contribution in [0.15, 0.2) is 122 Å². The number of nitrogens with zero attached hydrogens (tertiary/aromatic N) is 4. The van der Waals surface area contributed by atoms with Crippen molar-refractivity contribution in [2.45, 2.75) is 40.0 Å². The van der Waals surface area contributed by atoms with E-state index in [2.05, 4.69) is 128 Å². The molecule has 0 saturated heterocycles. The minimum Gasteiger partial charge on any atom is -0.365 e. The molecule has 0 unspecified atom stereocenters. The van der Waals surface area contributed by atoms with Crippen LogP contribution >= 0.6 is 0 Å². The third-order valence-corrected chi connectivity index (χ3v) is 9.84. The summed E-state index contributed by atoms with van der Waals surface area (Å²) in [4.78, 5) is 13.9. The first kappa shape index (κ1) is 33.1. The molecule has 0 N–H and O–H groups in total. The molecule has 1 radical (unpaired) electrons. The van der Waals surface area contributed by atoms with Crippen LogP contribution in [0.25, 0.3) is 55.6 Å². The summed E-state index contributed by atoms with van der Waals surface area (Å²) in [7, 11) is -1.57. The Morgan fingerprint density at radius 3 is 2.17 bits per heavy atom. The van der Waals surface area contributed by atoms with Crippen molar-refractivity contribution in [1.82, 2.24) is 19.5 Å². The Kier molecular flexibility index (Phi) is 10.4. The van der Waals surface area contributed by atoms with E-state index in [1.807, 2.05) is 42.5 Å². The maximum absolute atomic E-state index is 4.90. The number of pyridine rings is 3. The zero-order valence-electron chi connectivity index (χ0n) is 27.0. The molecule has 4 aromatic heterocycles. The second-order valence-electron chi connectivity index (χ2n) is 12.8.